The number of aryl methyl sites for hydroxylation is 1. The number of carbonyl (C=O) groups is 1. The van der Waals surface area contributed by atoms with E-state index in [2.05, 4.69) is 10.4 Å². The van der Waals surface area contributed by atoms with Gasteiger partial charge in [-0.25, -0.2) is 0 Å². The topological polar surface area (TPSA) is 82.2 Å². The maximum Gasteiger partial charge on any atom is 0.241 e. The molecule has 20 heavy (non-hydrogen) atoms. The van der Waals surface area contributed by atoms with Crippen LogP contribution in [0.3, 0.4) is 0 Å². The Hall–Kier alpha value is -1.56. The molecule has 1 heterocycles. The minimum atomic E-state index is -0.0413. The molecule has 0 saturated carbocycles. The van der Waals surface area contributed by atoms with Gasteiger partial charge in [-0.15, -0.1) is 0 Å². The lowest BCUT2D eigenvalue weighted by Gasteiger charge is -2.08. The van der Waals surface area contributed by atoms with Crippen molar-refractivity contribution in [3.8, 4) is 0 Å². The van der Waals surface area contributed by atoms with E-state index in [0.717, 1.165) is 30.8 Å². The molecule has 1 rings (SSSR count). The Morgan fingerprint density at radius 3 is 2.65 bits per heavy atom. The van der Waals surface area contributed by atoms with Crippen LogP contribution in [0.1, 0.15) is 38.1 Å². The monoisotopic (exact) mass is 282 g/mol. The molecule has 0 aliphatic rings. The number of carbonyl (C=O) groups excluding carboxylic acids is 1. The molecule has 0 radical (unpaired) electrons. The van der Waals surface area contributed by atoms with E-state index >= 15 is 0 Å². The lowest BCUT2D eigenvalue weighted by atomic mass is 10.3. The molecule has 1 amide bonds. The van der Waals surface area contributed by atoms with E-state index in [-0.39, 0.29) is 18.6 Å². The van der Waals surface area contributed by atoms with E-state index in [4.69, 9.17) is 10.5 Å². The molecule has 6 heteroatoms. The van der Waals surface area contributed by atoms with Crippen LogP contribution in [0.2, 0.25) is 0 Å². The minimum absolute atomic E-state index is 0.0413. The molecule has 0 bridgehead atoms. The fourth-order valence-electron chi connectivity index (χ4n) is 1.83. The highest BCUT2D eigenvalue weighted by Crippen LogP contribution is 2.14. The largest absolute Gasteiger partial charge is 0.396 e. The summed E-state index contributed by atoms with van der Waals surface area (Å²) in [4.78, 5) is 11.8. The molecule has 0 aromatic carbocycles. The third-order valence-corrected chi connectivity index (χ3v) is 3.08. The molecule has 0 spiro atoms. The molecule has 3 N–H and O–H groups in total. The van der Waals surface area contributed by atoms with Crippen LogP contribution in [0.5, 0.6) is 0 Å². The van der Waals surface area contributed by atoms with Crippen molar-refractivity contribution in [1.82, 2.24) is 15.1 Å². The van der Waals surface area contributed by atoms with Crippen LogP contribution in [0.25, 0.3) is 0 Å². The van der Waals surface area contributed by atoms with Gasteiger partial charge in [0.15, 0.2) is 0 Å². The lowest BCUT2D eigenvalue weighted by Crippen LogP contribution is -2.29. The van der Waals surface area contributed by atoms with Gasteiger partial charge in [-0.1, -0.05) is 0 Å². The number of nitrogens with one attached hydrogen (secondary N) is 1. The third-order valence-electron chi connectivity index (χ3n) is 3.08. The summed E-state index contributed by atoms with van der Waals surface area (Å²) in [5, 5.41) is 7.12. The second kappa shape index (κ2) is 7.89. The van der Waals surface area contributed by atoms with Gasteiger partial charge in [-0.05, 0) is 40.5 Å². The Bertz CT molecular complexity index is 441. The van der Waals surface area contributed by atoms with Crippen molar-refractivity contribution in [2.75, 3.05) is 18.9 Å². The van der Waals surface area contributed by atoms with Crippen molar-refractivity contribution in [3.05, 3.63) is 11.4 Å². The van der Waals surface area contributed by atoms with E-state index in [9.17, 15) is 4.79 Å². The summed E-state index contributed by atoms with van der Waals surface area (Å²) in [6, 6.07) is 0. The number of nitrogen functional groups attached to an aromatic ring is 1. The highest BCUT2D eigenvalue weighted by atomic mass is 16.5. The summed E-state index contributed by atoms with van der Waals surface area (Å²) in [5.41, 5.74) is 8.09. The molecule has 0 fully saturated rings. The molecule has 114 valence electrons. The molecule has 6 nitrogen and oxygen atoms in total. The Morgan fingerprint density at radius 2 is 2.10 bits per heavy atom. The van der Waals surface area contributed by atoms with Gasteiger partial charge in [0, 0.05) is 13.2 Å². The second-order valence-corrected chi connectivity index (χ2v) is 5.22. The first-order chi connectivity index (χ1) is 9.41. The first-order valence-corrected chi connectivity index (χ1v) is 7.09. The van der Waals surface area contributed by atoms with Gasteiger partial charge in [0.05, 0.1) is 23.2 Å². The number of hydrogen-bond donors (Lipinski definition) is 2. The van der Waals surface area contributed by atoms with E-state index < -0.39 is 0 Å². The predicted octanol–water partition coefficient (Wildman–Crippen LogP) is 1.40. The zero-order valence-corrected chi connectivity index (χ0v) is 12.9. The van der Waals surface area contributed by atoms with Crippen molar-refractivity contribution in [3.63, 3.8) is 0 Å². The van der Waals surface area contributed by atoms with Crippen molar-refractivity contribution in [2.45, 2.75) is 53.2 Å². The molecular weight excluding hydrogens is 256 g/mol. The van der Waals surface area contributed by atoms with Crippen LogP contribution in [-0.2, 0) is 16.1 Å². The SMILES string of the molecule is Cc1nn(CC(=O)NCCCCOC(C)C)c(C)c1N. The summed E-state index contributed by atoms with van der Waals surface area (Å²) in [5.74, 6) is -0.0413. The van der Waals surface area contributed by atoms with Crippen LogP contribution in [0.4, 0.5) is 5.69 Å². The molecule has 1 aromatic heterocycles. The summed E-state index contributed by atoms with van der Waals surface area (Å²) in [6.45, 7) is 9.35. The number of hydrogen-bond acceptors (Lipinski definition) is 4. The smallest absolute Gasteiger partial charge is 0.241 e. The summed E-state index contributed by atoms with van der Waals surface area (Å²) >= 11 is 0. The standard InChI is InChI=1S/C14H26N4O2/c1-10(2)20-8-6-5-7-16-13(19)9-18-12(4)14(15)11(3)17-18/h10H,5-9,15H2,1-4H3,(H,16,19). The van der Waals surface area contributed by atoms with E-state index in [1.165, 1.54) is 0 Å². The fraction of sp³-hybridized carbons (Fsp3) is 0.714. The predicted molar refractivity (Wildman–Crippen MR) is 79.4 cm³/mol. The molecular formula is C14H26N4O2. The van der Waals surface area contributed by atoms with Crippen LogP contribution < -0.4 is 11.1 Å². The van der Waals surface area contributed by atoms with Gasteiger partial charge < -0.3 is 15.8 Å². The molecule has 0 saturated heterocycles. The highest BCUT2D eigenvalue weighted by molar-refractivity contribution is 5.75. The molecule has 0 unspecified atom stereocenters. The Labute approximate surface area is 120 Å². The number of anilines is 1. The van der Waals surface area contributed by atoms with Crippen LogP contribution in [0.15, 0.2) is 0 Å². The quantitative estimate of drug-likeness (QED) is 0.706. The van der Waals surface area contributed by atoms with E-state index in [1.54, 1.807) is 4.68 Å². The Morgan fingerprint density at radius 1 is 1.40 bits per heavy atom. The Balaban J connectivity index is 2.22. The zero-order chi connectivity index (χ0) is 15.1. The summed E-state index contributed by atoms with van der Waals surface area (Å²) < 4.78 is 7.08. The van der Waals surface area contributed by atoms with Crippen molar-refractivity contribution in [2.24, 2.45) is 0 Å². The summed E-state index contributed by atoms with van der Waals surface area (Å²) in [6.07, 6.45) is 2.13. The number of nitrogens with two attached hydrogens (primary N) is 1. The maximum atomic E-state index is 11.8. The van der Waals surface area contributed by atoms with Crippen LogP contribution >= 0.6 is 0 Å². The van der Waals surface area contributed by atoms with Gasteiger partial charge in [-0.3, -0.25) is 9.48 Å². The average molecular weight is 282 g/mol. The minimum Gasteiger partial charge on any atom is -0.396 e. The first-order valence-electron chi connectivity index (χ1n) is 7.09. The van der Waals surface area contributed by atoms with E-state index in [1.807, 2.05) is 27.7 Å². The van der Waals surface area contributed by atoms with Gasteiger partial charge >= 0.3 is 0 Å². The van der Waals surface area contributed by atoms with Crippen molar-refractivity contribution in [1.29, 1.82) is 0 Å². The number of aromatic nitrogens is 2. The Kier molecular flexibility index (Phi) is 6.51. The van der Waals surface area contributed by atoms with Crippen LogP contribution in [0, 0.1) is 13.8 Å². The number of amides is 1. The van der Waals surface area contributed by atoms with Gasteiger partial charge in [-0.2, -0.15) is 5.10 Å². The third kappa shape index (κ3) is 5.21. The fourth-order valence-corrected chi connectivity index (χ4v) is 1.83. The average Bonchev–Trinajstić information content (AvgIpc) is 2.61. The van der Waals surface area contributed by atoms with Crippen molar-refractivity contribution < 1.29 is 9.53 Å². The number of ether oxygens (including phenoxy) is 1. The maximum absolute atomic E-state index is 11.8. The van der Waals surface area contributed by atoms with Crippen molar-refractivity contribution >= 4 is 11.6 Å². The highest BCUT2D eigenvalue weighted by Gasteiger charge is 2.10. The lowest BCUT2D eigenvalue weighted by molar-refractivity contribution is -0.121. The van der Waals surface area contributed by atoms with Gasteiger partial charge in [0.1, 0.15) is 6.54 Å². The van der Waals surface area contributed by atoms with Gasteiger partial charge in [0.25, 0.3) is 0 Å². The first kappa shape index (κ1) is 16.5. The number of nitrogens with zero attached hydrogens (tertiary/aromatic N) is 2. The number of rotatable bonds is 8. The zero-order valence-electron chi connectivity index (χ0n) is 12.9. The number of unbranched alkanes of at least 4 members (excludes halogenated alkanes) is 1. The second-order valence-electron chi connectivity index (χ2n) is 5.22. The molecule has 1 aromatic rings. The normalized spacial score (nSPS) is 11.1. The van der Waals surface area contributed by atoms with E-state index in [0.29, 0.717) is 12.2 Å². The summed E-state index contributed by atoms with van der Waals surface area (Å²) in [7, 11) is 0. The molecule has 0 aliphatic heterocycles. The van der Waals surface area contributed by atoms with Crippen LogP contribution in [-0.4, -0.2) is 34.9 Å². The molecule has 0 atom stereocenters. The van der Waals surface area contributed by atoms with Gasteiger partial charge in [0.2, 0.25) is 5.91 Å². The molecule has 0 aliphatic carbocycles.